The molecule has 0 bridgehead atoms. The van der Waals surface area contributed by atoms with Crippen LogP contribution in [0.25, 0.3) is 32.8 Å². The lowest BCUT2D eigenvalue weighted by atomic mass is 9.94. The third kappa shape index (κ3) is 3.29. The number of aromatic hydroxyl groups is 1. The van der Waals surface area contributed by atoms with Crippen LogP contribution in [-0.2, 0) is 0 Å². The largest absolute Gasteiger partial charge is 0.507 e. The van der Waals surface area contributed by atoms with Crippen molar-refractivity contribution in [1.29, 1.82) is 0 Å². The number of aromatic amines is 2. The Labute approximate surface area is 173 Å². The zero-order chi connectivity index (χ0) is 21.6. The summed E-state index contributed by atoms with van der Waals surface area (Å²) >= 11 is 0. The first kappa shape index (κ1) is 19.9. The molecule has 6 nitrogen and oxygen atoms in total. The van der Waals surface area contributed by atoms with Gasteiger partial charge in [0.2, 0.25) is 0 Å². The Balaban J connectivity index is 2.01. The van der Waals surface area contributed by atoms with E-state index in [0.29, 0.717) is 33.5 Å². The number of nitrogens with one attached hydrogen (secondary N) is 2. The molecule has 0 saturated heterocycles. The van der Waals surface area contributed by atoms with Gasteiger partial charge >= 0.3 is 0 Å². The van der Waals surface area contributed by atoms with Gasteiger partial charge in [0.1, 0.15) is 5.75 Å². The van der Waals surface area contributed by atoms with E-state index in [2.05, 4.69) is 21.8 Å². The van der Waals surface area contributed by atoms with E-state index in [4.69, 9.17) is 0 Å². The third-order valence-corrected chi connectivity index (χ3v) is 5.59. The Hall–Kier alpha value is -3.38. The Morgan fingerprint density at radius 3 is 2.33 bits per heavy atom. The standard InChI is InChI=1S/C24H25N3O3/c1-13(12-27(3)4)15-8-10-16(11-9-15)19-21-17-6-5-7-18(28)20(17)24(30)26-22(21)14(2)25-23(19)29/h5-11,13,28H,12H2,1-4H3,(H,25,29)(H,26,30). The molecule has 2 aromatic carbocycles. The predicted octanol–water partition coefficient (Wildman–Crippen LogP) is 3.72. The van der Waals surface area contributed by atoms with Crippen molar-refractivity contribution in [3.8, 4) is 16.9 Å². The van der Waals surface area contributed by atoms with Crippen LogP contribution in [0, 0.1) is 6.92 Å². The molecule has 3 N–H and O–H groups in total. The highest BCUT2D eigenvalue weighted by molar-refractivity contribution is 6.14. The number of pyridine rings is 2. The van der Waals surface area contributed by atoms with Gasteiger partial charge in [-0.3, -0.25) is 9.59 Å². The van der Waals surface area contributed by atoms with E-state index in [-0.39, 0.29) is 22.3 Å². The lowest BCUT2D eigenvalue weighted by Gasteiger charge is -2.18. The van der Waals surface area contributed by atoms with Crippen molar-refractivity contribution in [3.63, 3.8) is 0 Å². The molecule has 0 spiro atoms. The van der Waals surface area contributed by atoms with Crippen molar-refractivity contribution >= 4 is 21.7 Å². The van der Waals surface area contributed by atoms with Gasteiger partial charge in [0.15, 0.2) is 0 Å². The van der Waals surface area contributed by atoms with E-state index in [0.717, 1.165) is 12.1 Å². The number of fused-ring (bicyclic) bond motifs is 3. The molecule has 0 aliphatic carbocycles. The van der Waals surface area contributed by atoms with Crippen molar-refractivity contribution < 1.29 is 5.11 Å². The molecule has 0 fully saturated rings. The molecular weight excluding hydrogens is 378 g/mol. The lowest BCUT2D eigenvalue weighted by Crippen LogP contribution is -2.18. The smallest absolute Gasteiger partial charge is 0.260 e. The maximum Gasteiger partial charge on any atom is 0.260 e. The summed E-state index contributed by atoms with van der Waals surface area (Å²) in [6.07, 6.45) is 0. The van der Waals surface area contributed by atoms with E-state index in [1.807, 2.05) is 38.4 Å². The number of phenolic OH excluding ortho intramolecular Hbond substituents is 1. The number of benzene rings is 2. The molecule has 4 rings (SSSR count). The van der Waals surface area contributed by atoms with Crippen LogP contribution in [0.1, 0.15) is 24.1 Å². The fourth-order valence-corrected chi connectivity index (χ4v) is 4.22. The minimum absolute atomic E-state index is 0.104. The second-order valence-corrected chi connectivity index (χ2v) is 8.14. The number of hydrogen-bond donors (Lipinski definition) is 3. The number of aromatic nitrogens is 2. The summed E-state index contributed by atoms with van der Waals surface area (Å²) in [4.78, 5) is 33.4. The number of phenols is 1. The summed E-state index contributed by atoms with van der Waals surface area (Å²) in [5, 5.41) is 11.7. The van der Waals surface area contributed by atoms with Gasteiger partial charge in [-0.1, -0.05) is 43.3 Å². The lowest BCUT2D eigenvalue weighted by molar-refractivity contribution is 0.383. The molecule has 30 heavy (non-hydrogen) atoms. The number of H-pyrrole nitrogens is 2. The van der Waals surface area contributed by atoms with Gasteiger partial charge in [-0.2, -0.15) is 0 Å². The van der Waals surface area contributed by atoms with Crippen LogP contribution in [0.3, 0.4) is 0 Å². The highest BCUT2D eigenvalue weighted by Crippen LogP contribution is 2.33. The highest BCUT2D eigenvalue weighted by Gasteiger charge is 2.18. The first-order chi connectivity index (χ1) is 14.3. The number of rotatable bonds is 4. The highest BCUT2D eigenvalue weighted by atomic mass is 16.3. The van der Waals surface area contributed by atoms with Gasteiger partial charge < -0.3 is 20.0 Å². The molecule has 1 unspecified atom stereocenters. The monoisotopic (exact) mass is 403 g/mol. The van der Waals surface area contributed by atoms with Gasteiger partial charge in [-0.15, -0.1) is 0 Å². The van der Waals surface area contributed by atoms with E-state index >= 15 is 0 Å². The molecule has 0 radical (unpaired) electrons. The molecule has 154 valence electrons. The molecule has 4 aromatic rings. The van der Waals surface area contributed by atoms with Gasteiger partial charge in [-0.25, -0.2) is 0 Å². The fourth-order valence-electron chi connectivity index (χ4n) is 4.22. The first-order valence-electron chi connectivity index (χ1n) is 9.93. The van der Waals surface area contributed by atoms with E-state index in [9.17, 15) is 14.7 Å². The molecule has 2 heterocycles. The van der Waals surface area contributed by atoms with Crippen molar-refractivity contribution in [1.82, 2.24) is 14.9 Å². The Morgan fingerprint density at radius 1 is 0.967 bits per heavy atom. The van der Waals surface area contributed by atoms with Crippen molar-refractivity contribution in [2.75, 3.05) is 20.6 Å². The van der Waals surface area contributed by atoms with Crippen LogP contribution in [0.5, 0.6) is 5.75 Å². The molecule has 0 aliphatic rings. The SMILES string of the molecule is Cc1[nH]c(=O)c(-c2ccc(C(C)CN(C)C)cc2)c2c1[nH]c(=O)c1c(O)cccc12. The summed E-state index contributed by atoms with van der Waals surface area (Å²) in [6.45, 7) is 4.85. The van der Waals surface area contributed by atoms with Gasteiger partial charge in [-0.05, 0) is 44.1 Å². The maximum atomic E-state index is 13.0. The van der Waals surface area contributed by atoms with Crippen molar-refractivity contribution in [2.45, 2.75) is 19.8 Å². The zero-order valence-electron chi connectivity index (χ0n) is 17.5. The predicted molar refractivity (Wildman–Crippen MR) is 122 cm³/mol. The molecular formula is C24H25N3O3. The Morgan fingerprint density at radius 2 is 1.67 bits per heavy atom. The number of likely N-dealkylation sites (N-methyl/N-ethyl adjacent to an activating group) is 1. The van der Waals surface area contributed by atoms with Crippen molar-refractivity contribution in [2.24, 2.45) is 0 Å². The van der Waals surface area contributed by atoms with Gasteiger partial charge in [0.25, 0.3) is 11.1 Å². The normalized spacial score (nSPS) is 12.7. The molecule has 0 amide bonds. The second-order valence-electron chi connectivity index (χ2n) is 8.14. The first-order valence-corrected chi connectivity index (χ1v) is 9.93. The van der Waals surface area contributed by atoms with E-state index in [1.165, 1.54) is 11.6 Å². The van der Waals surface area contributed by atoms with Gasteiger partial charge in [0.05, 0.1) is 16.5 Å². The van der Waals surface area contributed by atoms with E-state index in [1.54, 1.807) is 19.1 Å². The van der Waals surface area contributed by atoms with Crippen molar-refractivity contribution in [3.05, 3.63) is 74.4 Å². The topological polar surface area (TPSA) is 89.2 Å². The summed E-state index contributed by atoms with van der Waals surface area (Å²) in [6, 6.07) is 12.9. The van der Waals surface area contributed by atoms with Crippen LogP contribution in [-0.4, -0.2) is 40.6 Å². The Bertz CT molecular complexity index is 1370. The number of aryl methyl sites for hydroxylation is 1. The summed E-state index contributed by atoms with van der Waals surface area (Å²) in [5.41, 5.74) is 2.97. The third-order valence-electron chi connectivity index (χ3n) is 5.59. The fraction of sp³-hybridized carbons (Fsp3) is 0.250. The molecule has 2 aromatic heterocycles. The summed E-state index contributed by atoms with van der Waals surface area (Å²) in [5.74, 6) is 0.253. The molecule has 0 saturated carbocycles. The number of nitrogens with zero attached hydrogens (tertiary/aromatic N) is 1. The minimum Gasteiger partial charge on any atom is -0.507 e. The summed E-state index contributed by atoms with van der Waals surface area (Å²) in [7, 11) is 4.09. The van der Waals surface area contributed by atoms with Crippen LogP contribution in [0.4, 0.5) is 0 Å². The van der Waals surface area contributed by atoms with Crippen LogP contribution in [0.2, 0.25) is 0 Å². The van der Waals surface area contributed by atoms with Crippen LogP contribution in [0.15, 0.2) is 52.1 Å². The summed E-state index contributed by atoms with van der Waals surface area (Å²) < 4.78 is 0. The van der Waals surface area contributed by atoms with E-state index < -0.39 is 0 Å². The molecule has 0 aliphatic heterocycles. The minimum atomic E-state index is -0.385. The average molecular weight is 403 g/mol. The zero-order valence-corrected chi connectivity index (χ0v) is 17.5. The average Bonchev–Trinajstić information content (AvgIpc) is 2.69. The van der Waals surface area contributed by atoms with Crippen LogP contribution >= 0.6 is 0 Å². The quantitative estimate of drug-likeness (QED) is 0.453. The molecule has 6 heteroatoms. The van der Waals surface area contributed by atoms with Gasteiger partial charge in [0, 0.05) is 23.0 Å². The Kier molecular flexibility index (Phi) is 4.95. The maximum absolute atomic E-state index is 13.0. The second kappa shape index (κ2) is 7.46. The number of hydrogen-bond acceptors (Lipinski definition) is 4. The molecule has 1 atom stereocenters. The van der Waals surface area contributed by atoms with Crippen LogP contribution < -0.4 is 11.1 Å².